The van der Waals surface area contributed by atoms with Gasteiger partial charge in [0.15, 0.2) is 11.5 Å². The molecule has 2 aromatic carbocycles. The summed E-state index contributed by atoms with van der Waals surface area (Å²) in [5, 5.41) is 10.2. The van der Waals surface area contributed by atoms with E-state index < -0.39 is 6.10 Å². The number of aliphatic hydroxyl groups excluding tert-OH is 1. The molecule has 0 spiro atoms. The second kappa shape index (κ2) is 6.89. The monoisotopic (exact) mass is 316 g/mol. The standard InChI is InChI=1S/C18H20O5/c1-20-14-8-13(17(19)16-11-22-16)9-15(21-2)18(14)23-10-12-6-4-3-5-7-12/h3-9,16-17,19H,10-11H2,1-2H3/t16-,17?/m0/s1. The van der Waals surface area contributed by atoms with Crippen LogP contribution in [0.1, 0.15) is 17.2 Å². The summed E-state index contributed by atoms with van der Waals surface area (Å²) < 4.78 is 21.8. The number of aliphatic hydroxyl groups is 1. The summed E-state index contributed by atoms with van der Waals surface area (Å²) in [6.07, 6.45) is -0.846. The van der Waals surface area contributed by atoms with Crippen molar-refractivity contribution in [2.75, 3.05) is 20.8 Å². The van der Waals surface area contributed by atoms with Gasteiger partial charge in [-0.2, -0.15) is 0 Å². The molecule has 5 heteroatoms. The van der Waals surface area contributed by atoms with Gasteiger partial charge in [0.2, 0.25) is 5.75 Å². The molecule has 0 aromatic heterocycles. The Labute approximate surface area is 135 Å². The molecule has 1 unspecified atom stereocenters. The first-order chi connectivity index (χ1) is 11.2. The molecule has 1 aliphatic heterocycles. The fraction of sp³-hybridized carbons (Fsp3) is 0.333. The van der Waals surface area contributed by atoms with Crippen LogP contribution >= 0.6 is 0 Å². The van der Waals surface area contributed by atoms with E-state index in [2.05, 4.69) is 0 Å². The molecule has 1 fully saturated rings. The van der Waals surface area contributed by atoms with Crippen LogP contribution in [-0.4, -0.2) is 32.0 Å². The van der Waals surface area contributed by atoms with E-state index in [4.69, 9.17) is 18.9 Å². The van der Waals surface area contributed by atoms with Crippen LogP contribution < -0.4 is 14.2 Å². The number of epoxide rings is 1. The van der Waals surface area contributed by atoms with Crippen LogP contribution in [0.25, 0.3) is 0 Å². The third kappa shape index (κ3) is 3.57. The Bertz CT molecular complexity index is 627. The Morgan fingerprint density at radius 3 is 2.26 bits per heavy atom. The molecule has 0 aliphatic carbocycles. The smallest absolute Gasteiger partial charge is 0.203 e. The van der Waals surface area contributed by atoms with Gasteiger partial charge >= 0.3 is 0 Å². The zero-order valence-electron chi connectivity index (χ0n) is 13.2. The normalized spacial score (nSPS) is 17.4. The van der Waals surface area contributed by atoms with Crippen molar-refractivity contribution in [1.82, 2.24) is 0 Å². The van der Waals surface area contributed by atoms with Crippen LogP contribution in [0.15, 0.2) is 42.5 Å². The lowest BCUT2D eigenvalue weighted by Gasteiger charge is -2.17. The van der Waals surface area contributed by atoms with Gasteiger partial charge in [-0.1, -0.05) is 30.3 Å². The van der Waals surface area contributed by atoms with E-state index in [0.29, 0.717) is 36.0 Å². The quantitative estimate of drug-likeness (QED) is 0.796. The second-order valence-corrected chi connectivity index (χ2v) is 5.35. The molecule has 5 nitrogen and oxygen atoms in total. The lowest BCUT2D eigenvalue weighted by molar-refractivity contribution is 0.136. The first-order valence-electron chi connectivity index (χ1n) is 7.45. The SMILES string of the molecule is COc1cc(C(O)[C@@H]2CO2)cc(OC)c1OCc1ccccc1. The number of hydrogen-bond acceptors (Lipinski definition) is 5. The molecule has 23 heavy (non-hydrogen) atoms. The minimum absolute atomic E-state index is 0.152. The molecular formula is C18H20O5. The van der Waals surface area contributed by atoms with E-state index in [-0.39, 0.29) is 6.10 Å². The van der Waals surface area contributed by atoms with Crippen LogP contribution in [0.2, 0.25) is 0 Å². The zero-order chi connectivity index (χ0) is 16.2. The van der Waals surface area contributed by atoms with Gasteiger partial charge < -0.3 is 24.1 Å². The maximum atomic E-state index is 10.2. The minimum Gasteiger partial charge on any atom is -0.493 e. The summed E-state index contributed by atoms with van der Waals surface area (Å²) in [5.74, 6) is 1.57. The molecule has 1 heterocycles. The topological polar surface area (TPSA) is 60.5 Å². The lowest BCUT2D eigenvalue weighted by Crippen LogP contribution is -2.07. The van der Waals surface area contributed by atoms with Gasteiger partial charge in [0.05, 0.1) is 20.8 Å². The summed E-state index contributed by atoms with van der Waals surface area (Å²) in [7, 11) is 3.13. The van der Waals surface area contributed by atoms with Crippen LogP contribution in [-0.2, 0) is 11.3 Å². The molecule has 0 bridgehead atoms. The fourth-order valence-electron chi connectivity index (χ4n) is 2.40. The van der Waals surface area contributed by atoms with Crippen molar-refractivity contribution in [2.45, 2.75) is 18.8 Å². The van der Waals surface area contributed by atoms with Gasteiger partial charge in [0.25, 0.3) is 0 Å². The molecule has 3 rings (SSSR count). The van der Waals surface area contributed by atoms with Crippen molar-refractivity contribution < 1.29 is 24.1 Å². The first-order valence-corrected chi connectivity index (χ1v) is 7.45. The maximum Gasteiger partial charge on any atom is 0.203 e. The average molecular weight is 316 g/mol. The predicted molar refractivity (Wildman–Crippen MR) is 85.0 cm³/mol. The van der Waals surface area contributed by atoms with Crippen molar-refractivity contribution in [1.29, 1.82) is 0 Å². The van der Waals surface area contributed by atoms with Crippen LogP contribution in [0, 0.1) is 0 Å². The Morgan fingerprint density at radius 1 is 1.13 bits per heavy atom. The van der Waals surface area contributed by atoms with Gasteiger partial charge in [0.1, 0.15) is 18.8 Å². The van der Waals surface area contributed by atoms with E-state index in [0.717, 1.165) is 5.56 Å². The van der Waals surface area contributed by atoms with E-state index in [1.807, 2.05) is 30.3 Å². The molecule has 0 amide bonds. The molecule has 0 saturated carbocycles. The summed E-state index contributed by atoms with van der Waals surface area (Å²) in [5.41, 5.74) is 1.74. The van der Waals surface area contributed by atoms with Gasteiger partial charge in [-0.05, 0) is 23.3 Å². The van der Waals surface area contributed by atoms with E-state index >= 15 is 0 Å². The van der Waals surface area contributed by atoms with Crippen LogP contribution in [0.5, 0.6) is 17.2 Å². The molecule has 2 aromatic rings. The number of methoxy groups -OCH3 is 2. The Morgan fingerprint density at radius 2 is 1.74 bits per heavy atom. The van der Waals surface area contributed by atoms with Crippen LogP contribution in [0.3, 0.4) is 0 Å². The summed E-state index contributed by atoms with van der Waals surface area (Å²) in [6.45, 7) is 0.971. The zero-order valence-corrected chi connectivity index (χ0v) is 13.2. The van der Waals surface area contributed by atoms with Crippen molar-refractivity contribution in [3.8, 4) is 17.2 Å². The Kier molecular flexibility index (Phi) is 4.69. The molecule has 1 N–H and O–H groups in total. The summed E-state index contributed by atoms with van der Waals surface area (Å²) in [4.78, 5) is 0. The highest BCUT2D eigenvalue weighted by molar-refractivity contribution is 5.54. The maximum absolute atomic E-state index is 10.2. The highest BCUT2D eigenvalue weighted by Crippen LogP contribution is 2.42. The summed E-state index contributed by atoms with van der Waals surface area (Å²) in [6, 6.07) is 13.4. The highest BCUT2D eigenvalue weighted by atomic mass is 16.6. The van der Waals surface area contributed by atoms with Gasteiger partial charge in [-0.15, -0.1) is 0 Å². The number of hydrogen-bond donors (Lipinski definition) is 1. The van der Waals surface area contributed by atoms with Gasteiger partial charge in [-0.3, -0.25) is 0 Å². The first kappa shape index (κ1) is 15.6. The molecule has 2 atom stereocenters. The molecule has 0 radical (unpaired) electrons. The second-order valence-electron chi connectivity index (χ2n) is 5.35. The lowest BCUT2D eigenvalue weighted by atomic mass is 10.1. The van der Waals surface area contributed by atoms with E-state index in [1.165, 1.54) is 0 Å². The average Bonchev–Trinajstić information content (AvgIpc) is 3.44. The van der Waals surface area contributed by atoms with E-state index in [9.17, 15) is 5.11 Å². The van der Waals surface area contributed by atoms with Crippen molar-refractivity contribution in [3.63, 3.8) is 0 Å². The number of ether oxygens (including phenoxy) is 4. The third-order valence-electron chi connectivity index (χ3n) is 3.76. The number of benzene rings is 2. The van der Waals surface area contributed by atoms with Crippen LogP contribution in [0.4, 0.5) is 0 Å². The number of rotatable bonds is 7. The predicted octanol–water partition coefficient (Wildman–Crippen LogP) is 2.72. The fourth-order valence-corrected chi connectivity index (χ4v) is 2.40. The highest BCUT2D eigenvalue weighted by Gasteiger charge is 2.33. The molecule has 1 saturated heterocycles. The Hall–Kier alpha value is -2.24. The van der Waals surface area contributed by atoms with Gasteiger partial charge in [-0.25, -0.2) is 0 Å². The van der Waals surface area contributed by atoms with Crippen molar-refractivity contribution in [3.05, 3.63) is 53.6 Å². The molecule has 1 aliphatic rings. The van der Waals surface area contributed by atoms with Crippen molar-refractivity contribution >= 4 is 0 Å². The third-order valence-corrected chi connectivity index (χ3v) is 3.76. The summed E-state index contributed by atoms with van der Waals surface area (Å²) >= 11 is 0. The molecular weight excluding hydrogens is 296 g/mol. The molecule has 122 valence electrons. The largest absolute Gasteiger partial charge is 0.493 e. The van der Waals surface area contributed by atoms with Gasteiger partial charge in [0, 0.05) is 0 Å². The van der Waals surface area contributed by atoms with E-state index in [1.54, 1.807) is 26.4 Å². The Balaban J connectivity index is 1.85. The minimum atomic E-state index is -0.694. The van der Waals surface area contributed by atoms with Crippen molar-refractivity contribution in [2.24, 2.45) is 0 Å².